The fraction of sp³-hybridized carbons (Fsp3) is 0.238. The molecule has 1 aromatic heterocycles. The number of amides is 1. The molecule has 2 heterocycles. The van der Waals surface area contributed by atoms with Crippen molar-refractivity contribution in [2.75, 3.05) is 11.9 Å². The Kier molecular flexibility index (Phi) is 6.19. The first-order chi connectivity index (χ1) is 15.3. The maximum atomic E-state index is 12.6. The Balaban J connectivity index is 1.46. The molecule has 1 aliphatic heterocycles. The minimum absolute atomic E-state index is 0.0394. The number of anilines is 1. The number of aliphatic imine (C=N–C) groups is 1. The zero-order valence-corrected chi connectivity index (χ0v) is 18.5. The van der Waals surface area contributed by atoms with Crippen LogP contribution in [0.15, 0.2) is 58.4 Å². The van der Waals surface area contributed by atoms with Gasteiger partial charge in [-0.1, -0.05) is 6.42 Å². The Bertz CT molecular complexity index is 1310. The summed E-state index contributed by atoms with van der Waals surface area (Å²) in [6.45, 7) is 0.619. The Morgan fingerprint density at radius 3 is 2.59 bits per heavy atom. The van der Waals surface area contributed by atoms with Gasteiger partial charge in [-0.3, -0.25) is 24.6 Å². The number of nitro groups is 1. The van der Waals surface area contributed by atoms with E-state index in [1.165, 1.54) is 47.7 Å². The van der Waals surface area contributed by atoms with Crippen molar-refractivity contribution in [1.82, 2.24) is 4.72 Å². The van der Waals surface area contributed by atoms with Gasteiger partial charge in [-0.05, 0) is 49.2 Å². The fourth-order valence-electron chi connectivity index (χ4n) is 3.34. The predicted octanol–water partition coefficient (Wildman–Crippen LogP) is 4.31. The van der Waals surface area contributed by atoms with Crippen LogP contribution in [0.1, 0.15) is 35.4 Å². The summed E-state index contributed by atoms with van der Waals surface area (Å²) < 4.78 is 28.5. The fourth-order valence-corrected chi connectivity index (χ4v) is 5.37. The highest BCUT2D eigenvalue weighted by atomic mass is 32.2. The summed E-state index contributed by atoms with van der Waals surface area (Å²) in [5.41, 5.74) is 0.395. The molecule has 2 N–H and O–H groups in total. The number of hydrogen-bond donors (Lipinski definition) is 2. The number of non-ortho nitro benzene ring substituents is 1. The van der Waals surface area contributed by atoms with Gasteiger partial charge in [0.25, 0.3) is 21.6 Å². The molecule has 0 atom stereocenters. The Morgan fingerprint density at radius 1 is 1.06 bits per heavy atom. The standard InChI is InChI=1S/C21H20N4O5S2/c26-21(19-13-14-12-16(25(27)28)7-10-18(14)31-19)23-15-5-8-17(9-6-15)32(29,30)24-20-4-2-1-3-11-22-20/h5-10,12-13H,1-4,11H2,(H,22,24)(H,23,26). The molecule has 166 valence electrons. The lowest BCUT2D eigenvalue weighted by Gasteiger charge is -2.10. The largest absolute Gasteiger partial charge is 0.321 e. The van der Waals surface area contributed by atoms with Crippen LogP contribution in [0.4, 0.5) is 11.4 Å². The quantitative estimate of drug-likeness (QED) is 0.422. The molecule has 0 spiro atoms. The van der Waals surface area contributed by atoms with Gasteiger partial charge >= 0.3 is 0 Å². The first kappa shape index (κ1) is 21.9. The normalized spacial score (nSPS) is 14.4. The average molecular weight is 473 g/mol. The van der Waals surface area contributed by atoms with Crippen molar-refractivity contribution in [2.45, 2.75) is 30.6 Å². The van der Waals surface area contributed by atoms with Crippen LogP contribution in [0.25, 0.3) is 10.1 Å². The SMILES string of the molecule is O=C(Nc1ccc(S(=O)(=O)NC2=NCCCCC2)cc1)c1cc2cc([N+](=O)[O-])ccc2s1. The third kappa shape index (κ3) is 4.94. The van der Waals surface area contributed by atoms with E-state index >= 15 is 0 Å². The molecule has 0 saturated carbocycles. The summed E-state index contributed by atoms with van der Waals surface area (Å²) in [6, 6.07) is 11.9. The molecule has 32 heavy (non-hydrogen) atoms. The van der Waals surface area contributed by atoms with E-state index in [4.69, 9.17) is 0 Å². The second kappa shape index (κ2) is 9.05. The van der Waals surface area contributed by atoms with Crippen LogP contribution in [0, 0.1) is 10.1 Å². The Labute approximate surface area is 188 Å². The van der Waals surface area contributed by atoms with Crippen molar-refractivity contribution in [3.8, 4) is 0 Å². The molecule has 1 aliphatic rings. The highest BCUT2D eigenvalue weighted by Gasteiger charge is 2.18. The van der Waals surface area contributed by atoms with Gasteiger partial charge in [-0.25, -0.2) is 8.42 Å². The summed E-state index contributed by atoms with van der Waals surface area (Å²) in [5, 5.41) is 14.3. The van der Waals surface area contributed by atoms with Crippen LogP contribution in [0.5, 0.6) is 0 Å². The van der Waals surface area contributed by atoms with Crippen LogP contribution in [0.3, 0.4) is 0 Å². The van der Waals surface area contributed by atoms with E-state index in [2.05, 4.69) is 15.0 Å². The van der Waals surface area contributed by atoms with Crippen molar-refractivity contribution in [2.24, 2.45) is 4.99 Å². The van der Waals surface area contributed by atoms with Gasteiger partial charge in [-0.2, -0.15) is 0 Å². The van der Waals surface area contributed by atoms with Gasteiger partial charge < -0.3 is 5.32 Å². The minimum Gasteiger partial charge on any atom is -0.321 e. The monoisotopic (exact) mass is 472 g/mol. The third-order valence-electron chi connectivity index (χ3n) is 4.98. The Morgan fingerprint density at radius 2 is 1.84 bits per heavy atom. The first-order valence-corrected chi connectivity index (χ1v) is 12.3. The molecule has 1 amide bonds. The van der Waals surface area contributed by atoms with Crippen LogP contribution in [-0.4, -0.2) is 31.6 Å². The van der Waals surface area contributed by atoms with E-state index in [1.807, 2.05) is 0 Å². The van der Waals surface area contributed by atoms with Crippen LogP contribution >= 0.6 is 11.3 Å². The van der Waals surface area contributed by atoms with Gasteiger partial charge in [0.1, 0.15) is 5.84 Å². The van der Waals surface area contributed by atoms with Crippen LogP contribution in [-0.2, 0) is 10.0 Å². The number of carbonyl (C=O) groups is 1. The zero-order valence-electron chi connectivity index (χ0n) is 16.9. The van der Waals surface area contributed by atoms with Crippen molar-refractivity contribution >= 4 is 54.6 Å². The summed E-state index contributed by atoms with van der Waals surface area (Å²) >= 11 is 1.22. The molecule has 4 rings (SSSR count). The summed E-state index contributed by atoms with van der Waals surface area (Å²) in [6.07, 6.45) is 3.49. The number of nitrogens with zero attached hydrogens (tertiary/aromatic N) is 2. The summed E-state index contributed by atoms with van der Waals surface area (Å²) in [4.78, 5) is 27.8. The number of nitro benzene ring substituents is 1. The average Bonchev–Trinajstić information content (AvgIpc) is 3.04. The molecule has 0 fully saturated rings. The van der Waals surface area contributed by atoms with E-state index < -0.39 is 14.9 Å². The molecule has 0 bridgehead atoms. The van der Waals surface area contributed by atoms with Gasteiger partial charge in [0, 0.05) is 40.9 Å². The van der Waals surface area contributed by atoms with Gasteiger partial charge in [0.2, 0.25) is 0 Å². The number of benzene rings is 2. The van der Waals surface area contributed by atoms with Gasteiger partial charge in [-0.15, -0.1) is 11.3 Å². The maximum absolute atomic E-state index is 12.6. The first-order valence-electron chi connectivity index (χ1n) is 9.97. The second-order valence-corrected chi connectivity index (χ2v) is 10.1. The van der Waals surface area contributed by atoms with Crippen molar-refractivity contribution in [3.63, 3.8) is 0 Å². The lowest BCUT2D eigenvalue weighted by molar-refractivity contribution is -0.384. The van der Waals surface area contributed by atoms with Crippen molar-refractivity contribution in [3.05, 3.63) is 63.5 Å². The topological polar surface area (TPSA) is 131 Å². The molecule has 0 saturated heterocycles. The highest BCUT2D eigenvalue weighted by molar-refractivity contribution is 7.90. The van der Waals surface area contributed by atoms with E-state index in [0.29, 0.717) is 34.8 Å². The lowest BCUT2D eigenvalue weighted by atomic mass is 10.2. The number of hydrogen-bond acceptors (Lipinski definition) is 7. The van der Waals surface area contributed by atoms with E-state index in [1.54, 1.807) is 12.1 Å². The molecule has 0 unspecified atom stereocenters. The molecule has 0 aliphatic carbocycles. The van der Waals surface area contributed by atoms with E-state index in [-0.39, 0.29) is 16.5 Å². The number of amidine groups is 1. The molecule has 2 aromatic carbocycles. The molecule has 3 aromatic rings. The summed E-state index contributed by atoms with van der Waals surface area (Å²) in [7, 11) is -3.75. The Hall–Kier alpha value is -3.31. The molecule has 11 heteroatoms. The number of fused-ring (bicyclic) bond motifs is 1. The van der Waals surface area contributed by atoms with Gasteiger partial charge in [0.15, 0.2) is 0 Å². The number of thiophene rings is 1. The predicted molar refractivity (Wildman–Crippen MR) is 124 cm³/mol. The number of rotatable bonds is 5. The van der Waals surface area contributed by atoms with Crippen molar-refractivity contribution in [1.29, 1.82) is 0 Å². The smallest absolute Gasteiger partial charge is 0.270 e. The lowest BCUT2D eigenvalue weighted by Crippen LogP contribution is -2.30. The minimum atomic E-state index is -3.75. The second-order valence-electron chi connectivity index (χ2n) is 7.31. The number of carbonyl (C=O) groups excluding carboxylic acids is 1. The molecule has 0 radical (unpaired) electrons. The zero-order chi connectivity index (χ0) is 22.7. The van der Waals surface area contributed by atoms with E-state index in [9.17, 15) is 23.3 Å². The maximum Gasteiger partial charge on any atom is 0.270 e. The number of nitrogens with one attached hydrogen (secondary N) is 2. The third-order valence-corrected chi connectivity index (χ3v) is 7.50. The van der Waals surface area contributed by atoms with Crippen LogP contribution < -0.4 is 10.0 Å². The molecular formula is C21H20N4O5S2. The van der Waals surface area contributed by atoms with Gasteiger partial charge in [0.05, 0.1) is 14.7 Å². The van der Waals surface area contributed by atoms with Crippen LogP contribution in [0.2, 0.25) is 0 Å². The molecule has 9 nitrogen and oxygen atoms in total. The van der Waals surface area contributed by atoms with E-state index in [0.717, 1.165) is 24.0 Å². The summed E-state index contributed by atoms with van der Waals surface area (Å²) in [5.74, 6) is 0.0975. The number of sulfonamides is 1. The highest BCUT2D eigenvalue weighted by Crippen LogP contribution is 2.29. The van der Waals surface area contributed by atoms with Crippen molar-refractivity contribution < 1.29 is 18.1 Å². The molecular weight excluding hydrogens is 452 g/mol.